The molecular formula is C25H24N2. The summed E-state index contributed by atoms with van der Waals surface area (Å²) in [6, 6.07) is 32.1. The van der Waals surface area contributed by atoms with Gasteiger partial charge in [0.15, 0.2) is 0 Å². The first kappa shape index (κ1) is 17.3. The quantitative estimate of drug-likeness (QED) is 0.412. The summed E-state index contributed by atoms with van der Waals surface area (Å²) >= 11 is 0. The van der Waals surface area contributed by atoms with E-state index in [9.17, 15) is 0 Å². The van der Waals surface area contributed by atoms with E-state index in [2.05, 4.69) is 116 Å². The van der Waals surface area contributed by atoms with Crippen LogP contribution in [-0.4, -0.2) is 9.55 Å². The molecule has 0 aliphatic carbocycles. The first-order chi connectivity index (χ1) is 13.2. The monoisotopic (exact) mass is 352 g/mol. The van der Waals surface area contributed by atoms with Crippen LogP contribution in [0, 0.1) is 0 Å². The van der Waals surface area contributed by atoms with Crippen LogP contribution < -0.4 is 0 Å². The van der Waals surface area contributed by atoms with E-state index in [1.807, 2.05) is 6.33 Å². The highest BCUT2D eigenvalue weighted by Gasteiger charge is 2.38. The van der Waals surface area contributed by atoms with Crippen molar-refractivity contribution in [2.45, 2.75) is 25.3 Å². The molecular weight excluding hydrogens is 328 g/mol. The summed E-state index contributed by atoms with van der Waals surface area (Å²) in [5, 5.41) is 0. The highest BCUT2D eigenvalue weighted by atomic mass is 15.1. The molecule has 1 heterocycles. The number of aromatic nitrogens is 2. The van der Waals surface area contributed by atoms with Crippen LogP contribution >= 0.6 is 0 Å². The van der Waals surface area contributed by atoms with E-state index in [0.717, 1.165) is 5.69 Å². The van der Waals surface area contributed by atoms with Crippen molar-refractivity contribution in [3.05, 3.63) is 126 Å². The fourth-order valence-electron chi connectivity index (χ4n) is 3.80. The van der Waals surface area contributed by atoms with Crippen LogP contribution in [0.1, 0.15) is 42.1 Å². The first-order valence-corrected chi connectivity index (χ1v) is 9.44. The molecule has 0 bridgehead atoms. The molecule has 0 unspecified atom stereocenters. The molecule has 134 valence electrons. The van der Waals surface area contributed by atoms with Gasteiger partial charge in [-0.25, -0.2) is 4.98 Å². The molecule has 2 nitrogen and oxygen atoms in total. The highest BCUT2D eigenvalue weighted by Crippen LogP contribution is 2.41. The Morgan fingerprint density at radius 3 is 1.41 bits per heavy atom. The molecule has 0 aliphatic rings. The molecule has 0 amide bonds. The number of rotatable bonds is 5. The molecule has 0 fully saturated rings. The van der Waals surface area contributed by atoms with Gasteiger partial charge in [0.2, 0.25) is 0 Å². The lowest BCUT2D eigenvalue weighted by Gasteiger charge is -2.37. The Hall–Kier alpha value is -3.13. The Bertz CT molecular complexity index is 890. The molecule has 27 heavy (non-hydrogen) atoms. The van der Waals surface area contributed by atoms with Gasteiger partial charge in [0.25, 0.3) is 0 Å². The molecule has 3 aromatic carbocycles. The van der Waals surface area contributed by atoms with E-state index in [1.54, 1.807) is 0 Å². The van der Waals surface area contributed by atoms with Crippen LogP contribution in [0.25, 0.3) is 0 Å². The summed E-state index contributed by atoms with van der Waals surface area (Å²) in [6.07, 6.45) is 4.17. The normalized spacial score (nSPS) is 11.7. The summed E-state index contributed by atoms with van der Waals surface area (Å²) in [4.78, 5) is 4.72. The standard InChI is InChI=1S/C25H24N2/c1-20(2)24-18-27(19-26-24)25(21-12-6-3-7-13-21,22-14-8-4-9-15-22)23-16-10-5-11-17-23/h3-20H,1-2H3. The van der Waals surface area contributed by atoms with Crippen molar-refractivity contribution in [2.75, 3.05) is 0 Å². The second kappa shape index (κ2) is 7.24. The van der Waals surface area contributed by atoms with E-state index < -0.39 is 5.54 Å². The lowest BCUT2D eigenvalue weighted by atomic mass is 9.77. The van der Waals surface area contributed by atoms with Gasteiger partial charge in [-0.15, -0.1) is 0 Å². The predicted octanol–water partition coefficient (Wildman–Crippen LogP) is 5.85. The third kappa shape index (κ3) is 2.97. The number of hydrogen-bond acceptors (Lipinski definition) is 1. The zero-order valence-corrected chi connectivity index (χ0v) is 15.8. The van der Waals surface area contributed by atoms with E-state index in [4.69, 9.17) is 4.98 Å². The summed E-state index contributed by atoms with van der Waals surface area (Å²) in [5.41, 5.74) is 4.28. The Balaban J connectivity index is 2.09. The number of nitrogens with zero attached hydrogens (tertiary/aromatic N) is 2. The fraction of sp³-hybridized carbons (Fsp3) is 0.160. The van der Waals surface area contributed by atoms with Gasteiger partial charge in [0.1, 0.15) is 5.54 Å². The van der Waals surface area contributed by atoms with Crippen molar-refractivity contribution < 1.29 is 0 Å². The molecule has 0 saturated carbocycles. The highest BCUT2D eigenvalue weighted by molar-refractivity contribution is 5.50. The number of benzene rings is 3. The second-order valence-corrected chi connectivity index (χ2v) is 7.17. The van der Waals surface area contributed by atoms with E-state index in [1.165, 1.54) is 16.7 Å². The Labute approximate surface area is 161 Å². The predicted molar refractivity (Wildman–Crippen MR) is 111 cm³/mol. The number of imidazole rings is 1. The second-order valence-electron chi connectivity index (χ2n) is 7.17. The summed E-state index contributed by atoms with van der Waals surface area (Å²) in [6.45, 7) is 4.36. The molecule has 0 saturated heterocycles. The smallest absolute Gasteiger partial charge is 0.121 e. The summed E-state index contributed by atoms with van der Waals surface area (Å²) < 4.78 is 2.27. The van der Waals surface area contributed by atoms with E-state index >= 15 is 0 Å². The SMILES string of the molecule is CC(C)c1cn(C(c2ccccc2)(c2ccccc2)c2ccccc2)cn1. The average Bonchev–Trinajstić information content (AvgIpc) is 3.22. The Kier molecular flexibility index (Phi) is 4.64. The van der Waals surface area contributed by atoms with Gasteiger partial charge in [0, 0.05) is 6.20 Å². The molecule has 0 N–H and O–H groups in total. The Morgan fingerprint density at radius 2 is 1.07 bits per heavy atom. The van der Waals surface area contributed by atoms with Gasteiger partial charge in [-0.05, 0) is 22.6 Å². The van der Waals surface area contributed by atoms with Crippen molar-refractivity contribution in [3.63, 3.8) is 0 Å². The van der Waals surface area contributed by atoms with Crippen LogP contribution in [0.5, 0.6) is 0 Å². The largest absolute Gasteiger partial charge is 0.319 e. The minimum atomic E-state index is -0.468. The third-order valence-corrected chi connectivity index (χ3v) is 5.16. The summed E-state index contributed by atoms with van der Waals surface area (Å²) in [5.74, 6) is 0.381. The van der Waals surface area contributed by atoms with Crippen LogP contribution in [0.15, 0.2) is 104 Å². The van der Waals surface area contributed by atoms with Gasteiger partial charge >= 0.3 is 0 Å². The molecule has 0 radical (unpaired) electrons. The third-order valence-electron chi connectivity index (χ3n) is 5.16. The van der Waals surface area contributed by atoms with Crippen LogP contribution in [0.2, 0.25) is 0 Å². The lowest BCUT2D eigenvalue weighted by Crippen LogP contribution is -2.36. The number of hydrogen-bond donors (Lipinski definition) is 0. The van der Waals surface area contributed by atoms with Gasteiger partial charge in [-0.1, -0.05) is 105 Å². The maximum absolute atomic E-state index is 4.72. The molecule has 4 aromatic rings. The zero-order chi connectivity index (χ0) is 18.7. The van der Waals surface area contributed by atoms with Crippen LogP contribution in [0.3, 0.4) is 0 Å². The van der Waals surface area contributed by atoms with Crippen molar-refractivity contribution in [1.82, 2.24) is 9.55 Å². The molecule has 2 heteroatoms. The lowest BCUT2D eigenvalue weighted by molar-refractivity contribution is 0.514. The van der Waals surface area contributed by atoms with Crippen molar-refractivity contribution in [1.29, 1.82) is 0 Å². The van der Waals surface area contributed by atoms with E-state index in [0.29, 0.717) is 5.92 Å². The first-order valence-electron chi connectivity index (χ1n) is 9.44. The van der Waals surface area contributed by atoms with Crippen LogP contribution in [-0.2, 0) is 5.54 Å². The van der Waals surface area contributed by atoms with Gasteiger partial charge in [-0.3, -0.25) is 0 Å². The van der Waals surface area contributed by atoms with Gasteiger partial charge in [-0.2, -0.15) is 0 Å². The van der Waals surface area contributed by atoms with Gasteiger partial charge < -0.3 is 4.57 Å². The maximum atomic E-state index is 4.72. The molecule has 4 rings (SSSR count). The van der Waals surface area contributed by atoms with Crippen molar-refractivity contribution >= 4 is 0 Å². The van der Waals surface area contributed by atoms with Crippen molar-refractivity contribution in [3.8, 4) is 0 Å². The average molecular weight is 352 g/mol. The maximum Gasteiger partial charge on any atom is 0.121 e. The minimum absolute atomic E-state index is 0.381. The Morgan fingerprint density at radius 1 is 0.667 bits per heavy atom. The van der Waals surface area contributed by atoms with Gasteiger partial charge in [0.05, 0.1) is 12.0 Å². The molecule has 0 atom stereocenters. The molecule has 0 aliphatic heterocycles. The molecule has 0 spiro atoms. The minimum Gasteiger partial charge on any atom is -0.319 e. The topological polar surface area (TPSA) is 17.8 Å². The van der Waals surface area contributed by atoms with Crippen molar-refractivity contribution in [2.24, 2.45) is 0 Å². The zero-order valence-electron chi connectivity index (χ0n) is 15.8. The fourth-order valence-corrected chi connectivity index (χ4v) is 3.80. The van der Waals surface area contributed by atoms with E-state index in [-0.39, 0.29) is 0 Å². The molecule has 1 aromatic heterocycles. The van der Waals surface area contributed by atoms with Crippen LogP contribution in [0.4, 0.5) is 0 Å². The summed E-state index contributed by atoms with van der Waals surface area (Å²) in [7, 11) is 0.